The number of ether oxygens (including phenoxy) is 4. The molecule has 2 aliphatic rings. The van der Waals surface area contributed by atoms with Crippen molar-refractivity contribution in [3.05, 3.63) is 164 Å². The summed E-state index contributed by atoms with van der Waals surface area (Å²) >= 11 is 3.55. The Morgan fingerprint density at radius 2 is 0.766 bits per heavy atom. The van der Waals surface area contributed by atoms with Crippen molar-refractivity contribution in [1.29, 1.82) is 0 Å². The Bertz CT molecular complexity index is 5690. The fourth-order valence-corrected chi connectivity index (χ4v) is 19.3. The number of nitrogens with zero attached hydrogens (tertiary/aromatic N) is 13. The Labute approximate surface area is 855 Å². The molecule has 1 fully saturated rings. The molecule has 0 radical (unpaired) electrons. The number of benzene rings is 5. The van der Waals surface area contributed by atoms with Crippen molar-refractivity contribution < 1.29 is 28.3 Å². The van der Waals surface area contributed by atoms with E-state index in [0.717, 1.165) is 159 Å². The summed E-state index contributed by atoms with van der Waals surface area (Å²) in [6, 6.07) is 37.4. The molecular weight excluding hydrogens is 1980 g/mol. The SMILES string of the molecule is C#Cc1nn(COCC[Si](C)(C)C)c2cc(CCCCC)ccc12.CCCCCB1OC(C)(C)C(C)(C)O1.CCCCCc1ccc2c(-c3cn[nH]n3)nn(COCC[Si](C)(C)C)c2c1.CCCCCc1ccc2c(C#C[Si](C)(C)C)nn(COCC[Si](C)(C)C)c2c1.CCCCCc1ccc2c(c1)CN=C2c1cn[nH]n1.C[Si](C)(C)C#Cc1nn(COCC[Si](C)(C)C)c2cc(Br)ccc12.I. The lowest BCUT2D eigenvalue weighted by Crippen LogP contribution is -2.41. The topological polar surface area (TPSA) is 222 Å². The van der Waals surface area contributed by atoms with Gasteiger partial charge in [0.05, 0.1) is 57.9 Å². The normalized spacial score (nSPS) is 13.5. The number of aliphatic imine (C=N–C) groups is 1. The average molecular weight is 2150 g/mol. The van der Waals surface area contributed by atoms with Crippen molar-refractivity contribution in [1.82, 2.24) is 69.9 Å². The standard InChI is InChI=1S/C23H38N2OSi2.C20H31N5OSi.C20H30N2OSi.C18H27BrN2OSi2.C15H18N4.C11H23BO2.HI/c1-8-9-10-11-20-12-13-21-22(14-16-27(2,3)4)24-25(23(21)18-20)19-26-15-17-28(5,6)7;1-5-6-7-8-16-9-10-17-19(13-16)25(15-26-11-12-27(2,3)4)23-20(17)18-14-21-24-22-18;1-6-8-9-10-17-11-12-18-19(7-2)21-22(20(18)15-17)16-23-13-14-24(3,4)5;1-23(2,3)11-9-17-16-8-7-15(19)13-18(16)21(20-17)14-22-10-12-24(4,5)6;1-2-3-4-5-11-6-7-13-12(8-11)9-16-15(13)14-10-17-19-18-14;1-6-7-8-9-12-13-10(2,3)11(4,5)14-12;/h12-13,18H,8-11,15,17,19H2,1-7H3;9-10,13-14H,5-8,11-12,15H2,1-4H3,(H,21,22,24);2,11-12,15H,6,8-10,13-14,16H2,1,3-5H3;7-8,13H,10,12,14H2,1-6H3;6-8,10H,2-5,9H2,1H3,(H,17,18,19);6-9H2,1-5H3;1H. The minimum Gasteiger partial charge on any atom is -0.403 e. The van der Waals surface area contributed by atoms with E-state index in [-0.39, 0.29) is 42.3 Å². The summed E-state index contributed by atoms with van der Waals surface area (Å²) in [7, 11) is -7.16. The molecule has 0 unspecified atom stereocenters. The molecule has 21 nitrogen and oxygen atoms in total. The molecule has 6 aromatic heterocycles. The van der Waals surface area contributed by atoms with E-state index in [1.165, 1.54) is 142 Å². The number of hydrogen-bond acceptors (Lipinski definition) is 15. The molecule has 2 N–H and O–H groups in total. The highest BCUT2D eigenvalue weighted by Gasteiger charge is 2.50. The molecule has 30 heteroatoms. The van der Waals surface area contributed by atoms with Gasteiger partial charge in [0, 0.05) is 90.3 Å². The Balaban J connectivity index is 0.000000226. The lowest BCUT2D eigenvalue weighted by Gasteiger charge is -2.32. The highest BCUT2D eigenvalue weighted by Crippen LogP contribution is 2.39. The molecule has 0 saturated carbocycles. The lowest BCUT2D eigenvalue weighted by molar-refractivity contribution is 0.00578. The van der Waals surface area contributed by atoms with Crippen LogP contribution in [-0.2, 0) is 87.4 Å². The summed E-state index contributed by atoms with van der Waals surface area (Å²) in [4.78, 5) is 4.58. The molecule has 748 valence electrons. The van der Waals surface area contributed by atoms with Crippen LogP contribution in [0.15, 0.2) is 113 Å². The van der Waals surface area contributed by atoms with E-state index in [0.29, 0.717) is 32.6 Å². The van der Waals surface area contributed by atoms with Crippen LogP contribution in [0.2, 0.25) is 148 Å². The van der Waals surface area contributed by atoms with Crippen molar-refractivity contribution in [2.24, 2.45) is 4.99 Å². The number of halogens is 2. The number of nitrogens with one attached hydrogen (secondary N) is 2. The maximum absolute atomic E-state index is 6.00. The van der Waals surface area contributed by atoms with Crippen molar-refractivity contribution in [2.75, 3.05) is 26.4 Å². The summed E-state index contributed by atoms with van der Waals surface area (Å²) in [5.74, 6) is 9.36. The van der Waals surface area contributed by atoms with Gasteiger partial charge in [0.15, 0.2) is 0 Å². The van der Waals surface area contributed by atoms with Crippen LogP contribution in [0.4, 0.5) is 0 Å². The Kier molecular flexibility index (Phi) is 47.9. The van der Waals surface area contributed by atoms with Gasteiger partial charge in [-0.15, -0.1) is 41.5 Å². The fraction of sp³-hybridized carbons (Fsp3) is 0.579. The monoisotopic (exact) mass is 2140 g/mol. The van der Waals surface area contributed by atoms with Crippen molar-refractivity contribution in [3.8, 4) is 46.7 Å². The summed E-state index contributed by atoms with van der Waals surface area (Å²) < 4.78 is 44.4. The number of fused-ring (bicyclic) bond motifs is 5. The third-order valence-corrected chi connectivity index (χ3v) is 33.1. The Morgan fingerprint density at radius 3 is 1.15 bits per heavy atom. The highest BCUT2D eigenvalue weighted by molar-refractivity contribution is 14.0. The van der Waals surface area contributed by atoms with E-state index in [1.807, 2.05) is 24.8 Å². The molecule has 0 aliphatic carbocycles. The van der Waals surface area contributed by atoms with E-state index >= 15 is 0 Å². The Hall–Kier alpha value is -7.05. The molecule has 13 rings (SSSR count). The number of terminal acetylenes is 1. The predicted molar refractivity (Wildman–Crippen MR) is 608 cm³/mol. The second-order valence-electron chi connectivity index (χ2n) is 44.5. The lowest BCUT2D eigenvalue weighted by atomic mass is 9.82. The van der Waals surface area contributed by atoms with Gasteiger partial charge in [0.25, 0.3) is 0 Å². The van der Waals surface area contributed by atoms with Crippen LogP contribution in [0.1, 0.15) is 215 Å². The van der Waals surface area contributed by atoms with Crippen LogP contribution in [-0.4, -0.2) is 169 Å². The predicted octanol–water partition coefficient (Wildman–Crippen LogP) is 28.4. The molecule has 0 atom stereocenters. The van der Waals surface area contributed by atoms with E-state index in [4.69, 9.17) is 50.0 Å². The molecule has 8 heterocycles. The zero-order valence-electron chi connectivity index (χ0n) is 88.9. The largest absolute Gasteiger partial charge is 0.457 e. The number of aromatic amines is 2. The minimum absolute atomic E-state index is 0. The van der Waals surface area contributed by atoms with Gasteiger partial charge in [-0.05, 0) is 192 Å². The van der Waals surface area contributed by atoms with Crippen LogP contribution >= 0.6 is 39.9 Å². The van der Waals surface area contributed by atoms with Gasteiger partial charge in [-0.1, -0.05) is 293 Å². The number of H-pyrrole nitrogens is 2. The van der Waals surface area contributed by atoms with E-state index in [9.17, 15) is 0 Å². The van der Waals surface area contributed by atoms with Crippen molar-refractivity contribution in [2.45, 2.75) is 377 Å². The maximum Gasteiger partial charge on any atom is 0.457 e. The summed E-state index contributed by atoms with van der Waals surface area (Å²) in [6.45, 7) is 67.4. The highest BCUT2D eigenvalue weighted by atomic mass is 127. The first-order chi connectivity index (χ1) is 64.3. The minimum atomic E-state index is -1.44. The molecular formula is C107H168BBrIN15O6Si6. The van der Waals surface area contributed by atoms with Gasteiger partial charge < -0.3 is 28.3 Å². The van der Waals surface area contributed by atoms with E-state index < -0.39 is 48.4 Å². The van der Waals surface area contributed by atoms with Crippen LogP contribution in [0.5, 0.6) is 0 Å². The molecule has 1 saturated heterocycles. The molecule has 2 aliphatic heterocycles. The number of aryl methyl sites for hydroxylation is 4. The maximum atomic E-state index is 6.00. The fourth-order valence-electron chi connectivity index (χ4n) is 15.0. The third kappa shape index (κ3) is 40.3. The van der Waals surface area contributed by atoms with Crippen LogP contribution in [0.3, 0.4) is 0 Å². The zero-order valence-corrected chi connectivity index (χ0v) is 98.8. The van der Waals surface area contributed by atoms with Gasteiger partial charge in [-0.2, -0.15) is 51.2 Å². The summed E-state index contributed by atoms with van der Waals surface area (Å²) in [5.41, 5.74) is 24.9. The van der Waals surface area contributed by atoms with Gasteiger partial charge in [-0.3, -0.25) is 4.99 Å². The molecule has 0 spiro atoms. The van der Waals surface area contributed by atoms with Gasteiger partial charge >= 0.3 is 7.12 Å². The summed E-state index contributed by atoms with van der Waals surface area (Å²) in [5, 5.41) is 44.7. The second-order valence-corrected chi connectivity index (χ2v) is 77.4. The second kappa shape index (κ2) is 56.1. The van der Waals surface area contributed by atoms with Gasteiger partial charge in [0.2, 0.25) is 0 Å². The number of unbranched alkanes of at least 4 members (excludes halogenated alkanes) is 10. The van der Waals surface area contributed by atoms with E-state index in [2.05, 4.69) is 351 Å². The molecule has 0 amide bonds. The third-order valence-electron chi connectivity index (χ3n) is 24.0. The molecule has 0 bridgehead atoms. The van der Waals surface area contributed by atoms with Crippen LogP contribution in [0, 0.1) is 35.3 Å². The average Bonchev–Trinajstić information content (AvgIpc) is 1.62. The van der Waals surface area contributed by atoms with Crippen molar-refractivity contribution >= 4 is 145 Å². The molecule has 11 aromatic rings. The number of aromatic nitrogens is 14. The van der Waals surface area contributed by atoms with Gasteiger partial charge in [0.1, 0.15) is 77.2 Å². The number of hydrogen-bond donors (Lipinski definition) is 2. The van der Waals surface area contributed by atoms with Crippen molar-refractivity contribution in [3.63, 3.8) is 0 Å². The molecule has 5 aromatic carbocycles. The van der Waals surface area contributed by atoms with E-state index in [1.54, 1.807) is 12.4 Å². The first-order valence-electron chi connectivity index (χ1n) is 50.6. The number of rotatable bonds is 42. The first-order valence-corrected chi connectivity index (χ1v) is 73.2. The van der Waals surface area contributed by atoms with Gasteiger partial charge in [-0.25, -0.2) is 18.7 Å². The summed E-state index contributed by atoms with van der Waals surface area (Å²) in [6.07, 6.45) is 33.4. The first kappa shape index (κ1) is 117. The van der Waals surface area contributed by atoms with Crippen LogP contribution in [0.25, 0.3) is 55.0 Å². The Morgan fingerprint density at radius 1 is 0.423 bits per heavy atom. The zero-order chi connectivity index (χ0) is 99.5. The molecule has 137 heavy (non-hydrogen) atoms. The smallest absolute Gasteiger partial charge is 0.403 e. The van der Waals surface area contributed by atoms with Crippen LogP contribution < -0.4 is 0 Å². The quantitative estimate of drug-likeness (QED) is 0.0157.